The van der Waals surface area contributed by atoms with E-state index in [0.717, 1.165) is 44.0 Å². The number of aromatic nitrogens is 2. The summed E-state index contributed by atoms with van der Waals surface area (Å²) in [6, 6.07) is 10.6. The molecule has 0 saturated carbocycles. The van der Waals surface area contributed by atoms with Crippen molar-refractivity contribution >= 4 is 0 Å². The molecular weight excluding hydrogens is 298 g/mol. The SMILES string of the molecule is CC(C)c1ncc(CN(Cc2ccccc2)CC2CCCO2)cn1. The van der Waals surface area contributed by atoms with Crippen LogP contribution in [-0.4, -0.2) is 34.1 Å². The summed E-state index contributed by atoms with van der Waals surface area (Å²) in [7, 11) is 0. The predicted molar refractivity (Wildman–Crippen MR) is 95.7 cm³/mol. The van der Waals surface area contributed by atoms with Crippen LogP contribution in [0.3, 0.4) is 0 Å². The molecule has 128 valence electrons. The van der Waals surface area contributed by atoms with E-state index in [1.807, 2.05) is 12.4 Å². The van der Waals surface area contributed by atoms with Gasteiger partial charge in [0.2, 0.25) is 0 Å². The summed E-state index contributed by atoms with van der Waals surface area (Å²) in [5.41, 5.74) is 2.49. The van der Waals surface area contributed by atoms with Crippen molar-refractivity contribution in [2.45, 2.75) is 51.8 Å². The van der Waals surface area contributed by atoms with Crippen LogP contribution < -0.4 is 0 Å². The van der Waals surface area contributed by atoms with Crippen molar-refractivity contribution in [2.24, 2.45) is 0 Å². The lowest BCUT2D eigenvalue weighted by Crippen LogP contribution is -2.31. The third kappa shape index (κ3) is 4.86. The van der Waals surface area contributed by atoms with Crippen molar-refractivity contribution in [1.82, 2.24) is 14.9 Å². The molecule has 1 aromatic carbocycles. The molecule has 1 atom stereocenters. The normalized spacial score (nSPS) is 17.8. The van der Waals surface area contributed by atoms with Crippen LogP contribution in [0.25, 0.3) is 0 Å². The predicted octanol–water partition coefficient (Wildman–Crippen LogP) is 3.78. The lowest BCUT2D eigenvalue weighted by atomic mass is 10.1. The average molecular weight is 325 g/mol. The topological polar surface area (TPSA) is 38.2 Å². The molecule has 0 radical (unpaired) electrons. The quantitative estimate of drug-likeness (QED) is 0.776. The molecule has 0 amide bonds. The van der Waals surface area contributed by atoms with Gasteiger partial charge >= 0.3 is 0 Å². The minimum absolute atomic E-state index is 0.351. The van der Waals surface area contributed by atoms with E-state index in [4.69, 9.17) is 4.74 Å². The Hall–Kier alpha value is -1.78. The number of hydrogen-bond donors (Lipinski definition) is 0. The maximum absolute atomic E-state index is 5.84. The van der Waals surface area contributed by atoms with Crippen molar-refractivity contribution in [2.75, 3.05) is 13.2 Å². The van der Waals surface area contributed by atoms with E-state index in [0.29, 0.717) is 12.0 Å². The van der Waals surface area contributed by atoms with Gasteiger partial charge in [-0.15, -0.1) is 0 Å². The van der Waals surface area contributed by atoms with E-state index in [1.54, 1.807) is 0 Å². The van der Waals surface area contributed by atoms with E-state index in [2.05, 4.69) is 59.0 Å². The first-order valence-electron chi connectivity index (χ1n) is 8.89. The fraction of sp³-hybridized carbons (Fsp3) is 0.500. The number of nitrogens with zero attached hydrogens (tertiary/aromatic N) is 3. The first kappa shape index (κ1) is 17.1. The molecule has 4 heteroatoms. The Morgan fingerprint density at radius 2 is 1.79 bits per heavy atom. The van der Waals surface area contributed by atoms with Crippen LogP contribution in [0, 0.1) is 0 Å². The molecule has 1 aliphatic heterocycles. The number of ether oxygens (including phenoxy) is 1. The first-order chi connectivity index (χ1) is 11.7. The zero-order valence-corrected chi connectivity index (χ0v) is 14.7. The highest BCUT2D eigenvalue weighted by molar-refractivity contribution is 5.15. The zero-order chi connectivity index (χ0) is 16.8. The van der Waals surface area contributed by atoms with Crippen LogP contribution >= 0.6 is 0 Å². The Labute approximate surface area is 144 Å². The van der Waals surface area contributed by atoms with Crippen LogP contribution in [0.4, 0.5) is 0 Å². The van der Waals surface area contributed by atoms with Gasteiger partial charge in [0, 0.05) is 50.1 Å². The molecule has 1 fully saturated rings. The fourth-order valence-corrected chi connectivity index (χ4v) is 3.11. The van der Waals surface area contributed by atoms with Crippen molar-refractivity contribution in [3.8, 4) is 0 Å². The summed E-state index contributed by atoms with van der Waals surface area (Å²) in [5, 5.41) is 0. The van der Waals surface area contributed by atoms with E-state index in [9.17, 15) is 0 Å². The highest BCUT2D eigenvalue weighted by atomic mass is 16.5. The Balaban J connectivity index is 1.68. The first-order valence-corrected chi connectivity index (χ1v) is 8.89. The monoisotopic (exact) mass is 325 g/mol. The van der Waals surface area contributed by atoms with Crippen molar-refractivity contribution in [3.05, 3.63) is 59.7 Å². The second-order valence-corrected chi connectivity index (χ2v) is 6.89. The van der Waals surface area contributed by atoms with Crippen LogP contribution in [0.5, 0.6) is 0 Å². The van der Waals surface area contributed by atoms with Crippen LogP contribution in [0.1, 0.15) is 49.6 Å². The summed E-state index contributed by atoms with van der Waals surface area (Å²) in [5.74, 6) is 1.28. The molecule has 0 bridgehead atoms. The second kappa shape index (κ2) is 8.36. The smallest absolute Gasteiger partial charge is 0.130 e. The molecule has 0 N–H and O–H groups in total. The van der Waals surface area contributed by atoms with Gasteiger partial charge in [-0.05, 0) is 18.4 Å². The van der Waals surface area contributed by atoms with Crippen molar-refractivity contribution in [3.63, 3.8) is 0 Å². The number of benzene rings is 1. The van der Waals surface area contributed by atoms with Gasteiger partial charge in [-0.2, -0.15) is 0 Å². The maximum atomic E-state index is 5.84. The van der Waals surface area contributed by atoms with Gasteiger partial charge in [0.05, 0.1) is 6.10 Å². The van der Waals surface area contributed by atoms with Gasteiger partial charge in [-0.25, -0.2) is 9.97 Å². The minimum atomic E-state index is 0.351. The lowest BCUT2D eigenvalue weighted by molar-refractivity contribution is 0.0678. The van der Waals surface area contributed by atoms with E-state index >= 15 is 0 Å². The summed E-state index contributed by atoms with van der Waals surface area (Å²) in [6.45, 7) is 7.87. The van der Waals surface area contributed by atoms with E-state index in [1.165, 1.54) is 12.0 Å². The Kier molecular flexibility index (Phi) is 5.94. The summed E-state index contributed by atoms with van der Waals surface area (Å²) < 4.78 is 5.84. The van der Waals surface area contributed by atoms with Crippen LogP contribution in [0.2, 0.25) is 0 Å². The van der Waals surface area contributed by atoms with Gasteiger partial charge in [0.15, 0.2) is 0 Å². The molecule has 1 unspecified atom stereocenters. The van der Waals surface area contributed by atoms with E-state index < -0.39 is 0 Å². The fourth-order valence-electron chi connectivity index (χ4n) is 3.11. The molecule has 1 saturated heterocycles. The van der Waals surface area contributed by atoms with Gasteiger partial charge in [0.25, 0.3) is 0 Å². The van der Waals surface area contributed by atoms with Gasteiger partial charge < -0.3 is 4.74 Å². The minimum Gasteiger partial charge on any atom is -0.377 e. The Morgan fingerprint density at radius 3 is 2.42 bits per heavy atom. The molecule has 2 aromatic rings. The molecule has 1 aromatic heterocycles. The Bertz CT molecular complexity index is 607. The molecule has 24 heavy (non-hydrogen) atoms. The number of rotatable bonds is 7. The molecule has 0 spiro atoms. The Morgan fingerprint density at radius 1 is 1.08 bits per heavy atom. The van der Waals surface area contributed by atoms with Gasteiger partial charge in [-0.1, -0.05) is 44.2 Å². The lowest BCUT2D eigenvalue weighted by Gasteiger charge is -2.25. The zero-order valence-electron chi connectivity index (χ0n) is 14.7. The molecule has 1 aliphatic rings. The van der Waals surface area contributed by atoms with Crippen molar-refractivity contribution < 1.29 is 4.74 Å². The summed E-state index contributed by atoms with van der Waals surface area (Å²) in [6.07, 6.45) is 6.63. The van der Waals surface area contributed by atoms with Gasteiger partial charge in [0.1, 0.15) is 5.82 Å². The average Bonchev–Trinajstić information content (AvgIpc) is 3.09. The highest BCUT2D eigenvalue weighted by Gasteiger charge is 2.20. The van der Waals surface area contributed by atoms with Crippen molar-refractivity contribution in [1.29, 1.82) is 0 Å². The molecular formula is C20H27N3O. The van der Waals surface area contributed by atoms with Gasteiger partial charge in [-0.3, -0.25) is 4.90 Å². The summed E-state index contributed by atoms with van der Waals surface area (Å²) >= 11 is 0. The molecule has 4 nitrogen and oxygen atoms in total. The maximum Gasteiger partial charge on any atom is 0.130 e. The summed E-state index contributed by atoms with van der Waals surface area (Å²) in [4.78, 5) is 11.4. The number of hydrogen-bond acceptors (Lipinski definition) is 4. The van der Waals surface area contributed by atoms with E-state index in [-0.39, 0.29) is 0 Å². The largest absolute Gasteiger partial charge is 0.377 e. The standard InChI is InChI=1S/C20H27N3O/c1-16(2)20-21-11-18(12-22-20)14-23(15-19-9-6-10-24-19)13-17-7-4-3-5-8-17/h3-5,7-8,11-12,16,19H,6,9-10,13-15H2,1-2H3. The molecule has 0 aliphatic carbocycles. The second-order valence-electron chi connectivity index (χ2n) is 6.89. The van der Waals surface area contributed by atoms with Crippen LogP contribution in [0.15, 0.2) is 42.7 Å². The molecule has 3 rings (SSSR count). The molecule has 2 heterocycles. The van der Waals surface area contributed by atoms with Crippen LogP contribution in [-0.2, 0) is 17.8 Å². The highest BCUT2D eigenvalue weighted by Crippen LogP contribution is 2.17. The third-order valence-corrected chi connectivity index (χ3v) is 4.38. The third-order valence-electron chi connectivity index (χ3n) is 4.38.